The van der Waals surface area contributed by atoms with Crippen molar-refractivity contribution in [2.75, 3.05) is 11.9 Å². The van der Waals surface area contributed by atoms with Crippen LogP contribution in [0.5, 0.6) is 0 Å². The summed E-state index contributed by atoms with van der Waals surface area (Å²) >= 11 is 0. The lowest BCUT2D eigenvalue weighted by Gasteiger charge is -2.60. The van der Waals surface area contributed by atoms with E-state index in [1.165, 1.54) is 0 Å². The number of allylic oxidation sites excluding steroid dienone is 1. The van der Waals surface area contributed by atoms with E-state index in [9.17, 15) is 29.4 Å². The van der Waals surface area contributed by atoms with Crippen LogP contribution in [0, 0.1) is 28.6 Å². The number of ether oxygens (including phenoxy) is 2. The van der Waals surface area contributed by atoms with Gasteiger partial charge in [0.2, 0.25) is 5.78 Å². The molecule has 240 valence electrons. The largest absolute Gasteiger partial charge is 0.458 e. The highest BCUT2D eigenvalue weighted by Gasteiger charge is 2.68. The summed E-state index contributed by atoms with van der Waals surface area (Å²) in [5.41, 5.74) is -1.06. The Balaban J connectivity index is 1.20. The zero-order valence-corrected chi connectivity index (χ0v) is 26.6. The molecular weight excluding hydrogens is 562 g/mol. The number of nitrogens with one attached hydrogen (secondary N) is 1. The SMILES string of the molecule is CC(C)(C)OC(=O)Nc1ccccc1CCC(=O)OCC(=O)[C@@]1(O)CC[C@H]2[C@@H]3CCC4=CC(=O)CC[C@]4(C)[C@H]3[C@@H](O)C[C@@]21C. The van der Waals surface area contributed by atoms with Crippen molar-refractivity contribution >= 4 is 29.3 Å². The van der Waals surface area contributed by atoms with Gasteiger partial charge in [0.25, 0.3) is 0 Å². The van der Waals surface area contributed by atoms with Crippen molar-refractivity contribution in [2.45, 2.75) is 110 Å². The van der Waals surface area contributed by atoms with Gasteiger partial charge in [0.1, 0.15) is 11.2 Å². The van der Waals surface area contributed by atoms with Crippen molar-refractivity contribution in [3.05, 3.63) is 41.5 Å². The molecule has 1 aromatic rings. The first-order valence-electron chi connectivity index (χ1n) is 16.0. The number of aliphatic hydroxyl groups is 2. The van der Waals surface area contributed by atoms with Gasteiger partial charge in [-0.25, -0.2) is 4.79 Å². The van der Waals surface area contributed by atoms with Crippen LogP contribution in [0.15, 0.2) is 35.9 Å². The molecular formula is C35H47NO8. The zero-order valence-electron chi connectivity index (χ0n) is 26.6. The molecule has 1 aromatic carbocycles. The fraction of sp³-hybridized carbons (Fsp3) is 0.657. The highest BCUT2D eigenvalue weighted by Crippen LogP contribution is 2.67. The van der Waals surface area contributed by atoms with E-state index < -0.39 is 47.2 Å². The van der Waals surface area contributed by atoms with Crippen LogP contribution >= 0.6 is 0 Å². The molecule has 3 fully saturated rings. The lowest BCUT2D eigenvalue weighted by atomic mass is 9.45. The summed E-state index contributed by atoms with van der Waals surface area (Å²) in [6, 6.07) is 7.09. The second-order valence-electron chi connectivity index (χ2n) is 14.8. The maximum absolute atomic E-state index is 13.6. The smallest absolute Gasteiger partial charge is 0.412 e. The van der Waals surface area contributed by atoms with Crippen LogP contribution in [0.25, 0.3) is 0 Å². The molecule has 0 aliphatic heterocycles. The Morgan fingerprint density at radius 1 is 1.07 bits per heavy atom. The Morgan fingerprint density at radius 3 is 2.52 bits per heavy atom. The van der Waals surface area contributed by atoms with Crippen molar-refractivity contribution in [3.8, 4) is 0 Å². The van der Waals surface area contributed by atoms with E-state index >= 15 is 0 Å². The van der Waals surface area contributed by atoms with Gasteiger partial charge in [-0.05, 0) is 107 Å². The van der Waals surface area contributed by atoms with Crippen LogP contribution < -0.4 is 5.32 Å². The standard InChI is InChI=1S/C35H47NO8/c1-32(2,3)44-31(41)36-26-9-7-6-8-21(26)10-13-29(40)43-20-28(39)35(42)17-15-25-24-12-11-22-18-23(37)14-16-33(22,4)30(24)27(38)19-34(25,35)5/h6-9,18,24-25,27,30,38,42H,10-17,19-20H2,1-5H3,(H,36,41)/t24-,25-,27-,30+,33-,34-,35-/m0/s1. The summed E-state index contributed by atoms with van der Waals surface area (Å²) in [5.74, 6) is -0.786. The van der Waals surface area contributed by atoms with E-state index in [2.05, 4.69) is 12.2 Å². The first-order valence-corrected chi connectivity index (χ1v) is 16.0. The first kappa shape index (κ1) is 32.4. The van der Waals surface area contributed by atoms with Gasteiger partial charge in [-0.3, -0.25) is 19.7 Å². The predicted molar refractivity (Wildman–Crippen MR) is 164 cm³/mol. The van der Waals surface area contributed by atoms with E-state index in [4.69, 9.17) is 9.47 Å². The molecule has 9 heteroatoms. The number of aliphatic hydroxyl groups excluding tert-OH is 1. The minimum atomic E-state index is -1.70. The molecule has 7 atom stereocenters. The number of benzene rings is 1. The fourth-order valence-corrected chi connectivity index (χ4v) is 9.00. The van der Waals surface area contributed by atoms with Crippen molar-refractivity contribution in [1.82, 2.24) is 0 Å². The molecule has 0 aromatic heterocycles. The summed E-state index contributed by atoms with van der Waals surface area (Å²) in [7, 11) is 0. The zero-order chi connectivity index (χ0) is 32.1. The quantitative estimate of drug-likeness (QED) is 0.354. The van der Waals surface area contributed by atoms with Crippen LogP contribution in [0.2, 0.25) is 0 Å². The minimum Gasteiger partial charge on any atom is -0.458 e. The normalized spacial score (nSPS) is 34.6. The van der Waals surface area contributed by atoms with Gasteiger partial charge >= 0.3 is 12.1 Å². The molecule has 0 spiro atoms. The average Bonchev–Trinajstić information content (AvgIpc) is 3.21. The van der Waals surface area contributed by atoms with Gasteiger partial charge in [0.15, 0.2) is 12.4 Å². The molecule has 5 rings (SSSR count). The number of amides is 1. The van der Waals surface area contributed by atoms with Crippen LogP contribution in [0.3, 0.4) is 0 Å². The van der Waals surface area contributed by atoms with Crippen LogP contribution in [-0.4, -0.2) is 57.8 Å². The molecule has 0 heterocycles. The molecule has 0 radical (unpaired) electrons. The van der Waals surface area contributed by atoms with E-state index in [0.717, 1.165) is 30.4 Å². The molecule has 3 saturated carbocycles. The number of hydrogen-bond acceptors (Lipinski definition) is 8. The first-order chi connectivity index (χ1) is 20.6. The van der Waals surface area contributed by atoms with Gasteiger partial charge in [-0.15, -0.1) is 0 Å². The van der Waals surface area contributed by atoms with E-state index in [1.54, 1.807) is 51.1 Å². The van der Waals surface area contributed by atoms with Crippen molar-refractivity contribution in [3.63, 3.8) is 0 Å². The average molecular weight is 610 g/mol. The second kappa shape index (κ2) is 11.7. The third-order valence-corrected chi connectivity index (χ3v) is 11.1. The van der Waals surface area contributed by atoms with Crippen molar-refractivity contribution in [2.24, 2.45) is 28.6 Å². The number of anilines is 1. The lowest BCUT2D eigenvalue weighted by Crippen LogP contribution is -2.62. The highest BCUT2D eigenvalue weighted by atomic mass is 16.6. The Hall–Kier alpha value is -3.04. The van der Waals surface area contributed by atoms with Crippen LogP contribution in [0.1, 0.15) is 91.5 Å². The molecule has 9 nitrogen and oxygen atoms in total. The Labute approximate surface area is 259 Å². The lowest BCUT2D eigenvalue weighted by molar-refractivity contribution is -0.184. The van der Waals surface area contributed by atoms with Gasteiger partial charge in [0, 0.05) is 23.9 Å². The molecule has 44 heavy (non-hydrogen) atoms. The number of ketones is 2. The third-order valence-electron chi connectivity index (χ3n) is 11.1. The summed E-state index contributed by atoms with van der Waals surface area (Å²) < 4.78 is 10.7. The number of para-hydroxylation sites is 1. The maximum atomic E-state index is 13.6. The van der Waals surface area contributed by atoms with Crippen LogP contribution in [0.4, 0.5) is 10.5 Å². The summed E-state index contributed by atoms with van der Waals surface area (Å²) in [6.07, 6.45) is 4.78. The number of rotatable bonds is 7. The molecule has 1 amide bonds. The third kappa shape index (κ3) is 5.85. The van der Waals surface area contributed by atoms with E-state index in [0.29, 0.717) is 18.5 Å². The van der Waals surface area contributed by atoms with Gasteiger partial charge in [-0.2, -0.15) is 0 Å². The molecule has 0 unspecified atom stereocenters. The van der Waals surface area contributed by atoms with Crippen molar-refractivity contribution in [1.29, 1.82) is 0 Å². The number of esters is 1. The summed E-state index contributed by atoms with van der Waals surface area (Å²) in [5, 5.41) is 26.2. The summed E-state index contributed by atoms with van der Waals surface area (Å²) in [6.45, 7) is 8.87. The second-order valence-corrected chi connectivity index (χ2v) is 14.8. The van der Waals surface area contributed by atoms with Crippen LogP contribution in [-0.2, 0) is 30.3 Å². The maximum Gasteiger partial charge on any atom is 0.412 e. The fourth-order valence-electron chi connectivity index (χ4n) is 9.00. The molecule has 4 aliphatic rings. The number of carbonyl (C=O) groups is 4. The predicted octanol–water partition coefficient (Wildman–Crippen LogP) is 5.31. The van der Waals surface area contributed by atoms with E-state index in [-0.39, 0.29) is 54.6 Å². The Morgan fingerprint density at radius 2 is 1.80 bits per heavy atom. The Kier molecular flexibility index (Phi) is 8.61. The number of hydrogen-bond donors (Lipinski definition) is 3. The van der Waals surface area contributed by atoms with Gasteiger partial charge in [-0.1, -0.05) is 37.6 Å². The van der Waals surface area contributed by atoms with E-state index in [1.807, 2.05) is 6.92 Å². The molecule has 0 saturated heterocycles. The monoisotopic (exact) mass is 609 g/mol. The number of fused-ring (bicyclic) bond motifs is 5. The molecule has 3 N–H and O–H groups in total. The number of aryl methyl sites for hydroxylation is 1. The molecule has 4 aliphatic carbocycles. The highest BCUT2D eigenvalue weighted by molar-refractivity contribution is 5.92. The minimum absolute atomic E-state index is 0.0159. The topological polar surface area (TPSA) is 139 Å². The number of carbonyl (C=O) groups excluding carboxylic acids is 4. The molecule has 0 bridgehead atoms. The van der Waals surface area contributed by atoms with Crippen molar-refractivity contribution < 1.29 is 38.9 Å². The van der Waals surface area contributed by atoms with Gasteiger partial charge < -0.3 is 19.7 Å². The number of Topliss-reactive ketones (excluding diaryl/α,β-unsaturated/α-hetero) is 1. The van der Waals surface area contributed by atoms with Gasteiger partial charge in [0.05, 0.1) is 6.10 Å². The Bertz CT molecular complexity index is 1360. The summed E-state index contributed by atoms with van der Waals surface area (Å²) in [4.78, 5) is 50.7.